The number of rotatable bonds is 5. The van der Waals surface area contributed by atoms with Crippen LogP contribution in [0.25, 0.3) is 28.2 Å². The van der Waals surface area contributed by atoms with Crippen molar-refractivity contribution < 1.29 is 9.84 Å². The number of hydrogen-bond acceptors (Lipinski definition) is 5. The minimum atomic E-state index is -0.800. The van der Waals surface area contributed by atoms with E-state index < -0.39 is 17.4 Å². The minimum absolute atomic E-state index is 0.208. The summed E-state index contributed by atoms with van der Waals surface area (Å²) in [5, 5.41) is 11.0. The monoisotopic (exact) mass is 445 g/mol. The van der Waals surface area contributed by atoms with Crippen LogP contribution in [0.2, 0.25) is 0 Å². The number of aliphatic hydroxyl groups is 1. The van der Waals surface area contributed by atoms with Crippen molar-refractivity contribution in [3.8, 4) is 17.0 Å². The number of hydrogen-bond donors (Lipinski definition) is 1. The fraction of sp³-hybridized carbons (Fsp3) is 0.208. The molecule has 0 spiro atoms. The van der Waals surface area contributed by atoms with Crippen LogP contribution in [0.15, 0.2) is 70.4 Å². The molecule has 0 aliphatic heterocycles. The molecular formula is C24H23N5O4. The highest BCUT2D eigenvalue weighted by Crippen LogP contribution is 2.29. The minimum Gasteiger partial charge on any atom is -0.497 e. The Balaban J connectivity index is 1.78. The molecule has 0 saturated carbocycles. The number of ether oxygens (including phenoxy) is 1. The van der Waals surface area contributed by atoms with Gasteiger partial charge in [-0.15, -0.1) is 0 Å². The van der Waals surface area contributed by atoms with E-state index in [1.807, 2.05) is 65.4 Å². The van der Waals surface area contributed by atoms with E-state index in [0.29, 0.717) is 16.9 Å². The first-order chi connectivity index (χ1) is 15.9. The van der Waals surface area contributed by atoms with E-state index in [1.165, 1.54) is 11.6 Å². The predicted molar refractivity (Wildman–Crippen MR) is 125 cm³/mol. The molecular weight excluding hydrogens is 422 g/mol. The summed E-state index contributed by atoms with van der Waals surface area (Å²) in [7, 11) is 4.64. The second kappa shape index (κ2) is 7.79. The fourth-order valence-electron chi connectivity index (χ4n) is 4.14. The Kier molecular flexibility index (Phi) is 4.90. The maximum atomic E-state index is 13.0. The van der Waals surface area contributed by atoms with Gasteiger partial charge in [-0.2, -0.15) is 4.98 Å². The number of aromatic nitrogens is 5. The van der Waals surface area contributed by atoms with Crippen LogP contribution < -0.4 is 16.0 Å². The van der Waals surface area contributed by atoms with E-state index in [0.717, 1.165) is 27.1 Å². The molecule has 5 rings (SSSR count). The van der Waals surface area contributed by atoms with Crippen molar-refractivity contribution in [2.75, 3.05) is 7.11 Å². The first-order valence-corrected chi connectivity index (χ1v) is 10.5. The Morgan fingerprint density at radius 2 is 1.70 bits per heavy atom. The highest BCUT2D eigenvalue weighted by Gasteiger charge is 2.22. The largest absolute Gasteiger partial charge is 0.497 e. The second-order valence-corrected chi connectivity index (χ2v) is 7.94. The third-order valence-electron chi connectivity index (χ3n) is 5.98. The summed E-state index contributed by atoms with van der Waals surface area (Å²) in [6, 6.07) is 16.9. The molecule has 168 valence electrons. The molecule has 1 atom stereocenters. The van der Waals surface area contributed by atoms with E-state index in [9.17, 15) is 14.7 Å². The van der Waals surface area contributed by atoms with Gasteiger partial charge in [0.25, 0.3) is 5.56 Å². The molecule has 0 aliphatic rings. The van der Waals surface area contributed by atoms with Crippen molar-refractivity contribution in [1.82, 2.24) is 23.1 Å². The number of methoxy groups -OCH3 is 1. The van der Waals surface area contributed by atoms with Crippen LogP contribution in [-0.2, 0) is 20.6 Å². The van der Waals surface area contributed by atoms with Crippen LogP contribution in [-0.4, -0.2) is 35.3 Å². The normalized spacial score (nSPS) is 12.5. The molecule has 1 N–H and O–H groups in total. The molecule has 0 radical (unpaired) electrons. The summed E-state index contributed by atoms with van der Waals surface area (Å²) >= 11 is 0. The number of benzene rings is 2. The lowest BCUT2D eigenvalue weighted by Gasteiger charge is -2.15. The van der Waals surface area contributed by atoms with Crippen LogP contribution in [0.1, 0.15) is 11.7 Å². The molecule has 9 heteroatoms. The van der Waals surface area contributed by atoms with Crippen molar-refractivity contribution in [2.24, 2.45) is 14.1 Å². The number of imidazole rings is 2. The lowest BCUT2D eigenvalue weighted by Crippen LogP contribution is -2.37. The average molecular weight is 445 g/mol. The molecule has 9 nitrogen and oxygen atoms in total. The van der Waals surface area contributed by atoms with E-state index in [2.05, 4.69) is 4.98 Å². The quantitative estimate of drug-likeness (QED) is 0.447. The Hall–Kier alpha value is -4.11. The first-order valence-electron chi connectivity index (χ1n) is 10.5. The van der Waals surface area contributed by atoms with E-state index in [-0.39, 0.29) is 6.54 Å². The van der Waals surface area contributed by atoms with Crippen LogP contribution >= 0.6 is 0 Å². The van der Waals surface area contributed by atoms with Crippen molar-refractivity contribution in [3.05, 3.63) is 87.2 Å². The van der Waals surface area contributed by atoms with Crippen molar-refractivity contribution >= 4 is 16.9 Å². The maximum absolute atomic E-state index is 13.0. The molecule has 0 saturated heterocycles. The molecule has 0 unspecified atom stereocenters. The number of aryl methyl sites for hydroxylation is 1. The van der Waals surface area contributed by atoms with Gasteiger partial charge in [0.2, 0.25) is 5.78 Å². The standard InChI is InChI=1S/C24H23N5O4/c1-26-21-20(22(31)27(2)24(26)32)29-13-18(15-9-11-17(33-3)12-10-15)28(23(29)25-21)14-19(30)16-7-5-4-6-8-16/h4-13,19,30H,14H2,1-3H3/t19-/m1/s1. The van der Waals surface area contributed by atoms with Gasteiger partial charge in [-0.3, -0.25) is 18.3 Å². The summed E-state index contributed by atoms with van der Waals surface area (Å²) in [4.78, 5) is 30.0. The van der Waals surface area contributed by atoms with Crippen LogP contribution in [0.4, 0.5) is 0 Å². The Labute approximate surface area is 188 Å². The highest BCUT2D eigenvalue weighted by atomic mass is 16.5. The highest BCUT2D eigenvalue weighted by molar-refractivity contribution is 5.78. The lowest BCUT2D eigenvalue weighted by atomic mass is 10.1. The molecule has 3 heterocycles. The summed E-state index contributed by atoms with van der Waals surface area (Å²) in [6.45, 7) is 0.208. The van der Waals surface area contributed by atoms with E-state index in [4.69, 9.17) is 4.74 Å². The van der Waals surface area contributed by atoms with E-state index in [1.54, 1.807) is 18.6 Å². The number of fused-ring (bicyclic) bond motifs is 3. The van der Waals surface area contributed by atoms with Crippen LogP contribution in [0.3, 0.4) is 0 Å². The van der Waals surface area contributed by atoms with Gasteiger partial charge in [0, 0.05) is 25.9 Å². The molecule has 0 amide bonds. The van der Waals surface area contributed by atoms with E-state index >= 15 is 0 Å². The molecule has 0 aliphatic carbocycles. The average Bonchev–Trinajstić information content (AvgIpc) is 3.39. The number of aliphatic hydroxyl groups excluding tert-OH is 1. The fourth-order valence-corrected chi connectivity index (χ4v) is 4.14. The zero-order valence-corrected chi connectivity index (χ0v) is 18.5. The van der Waals surface area contributed by atoms with Gasteiger partial charge in [0.15, 0.2) is 11.2 Å². The van der Waals surface area contributed by atoms with Gasteiger partial charge < -0.3 is 14.4 Å². The van der Waals surface area contributed by atoms with Gasteiger partial charge in [0.05, 0.1) is 25.5 Å². The van der Waals surface area contributed by atoms with Gasteiger partial charge in [-0.05, 0) is 29.8 Å². The van der Waals surface area contributed by atoms with Gasteiger partial charge >= 0.3 is 5.69 Å². The Bertz CT molecular complexity index is 1590. The molecule has 0 fully saturated rings. The molecule has 2 aromatic carbocycles. The molecule has 0 bridgehead atoms. The zero-order chi connectivity index (χ0) is 23.3. The van der Waals surface area contributed by atoms with Gasteiger partial charge in [0.1, 0.15) is 5.75 Å². The second-order valence-electron chi connectivity index (χ2n) is 7.94. The van der Waals surface area contributed by atoms with Crippen molar-refractivity contribution in [3.63, 3.8) is 0 Å². The SMILES string of the molecule is COc1ccc(-c2cn3c4c(=O)n(C)c(=O)n(C)c4nc3n2C[C@@H](O)c2ccccc2)cc1. The Morgan fingerprint density at radius 3 is 2.36 bits per heavy atom. The summed E-state index contributed by atoms with van der Waals surface area (Å²) in [5.74, 6) is 1.18. The summed E-state index contributed by atoms with van der Waals surface area (Å²) < 4.78 is 11.3. The summed E-state index contributed by atoms with van der Waals surface area (Å²) in [6.07, 6.45) is 1.02. The smallest absolute Gasteiger partial charge is 0.332 e. The molecule has 5 aromatic rings. The van der Waals surface area contributed by atoms with Gasteiger partial charge in [-0.25, -0.2) is 4.79 Å². The van der Waals surface area contributed by atoms with Crippen molar-refractivity contribution in [2.45, 2.75) is 12.6 Å². The maximum Gasteiger partial charge on any atom is 0.332 e. The molecule has 33 heavy (non-hydrogen) atoms. The first kappa shape index (κ1) is 20.8. The van der Waals surface area contributed by atoms with Crippen molar-refractivity contribution in [1.29, 1.82) is 0 Å². The molecule has 3 aromatic heterocycles. The Morgan fingerprint density at radius 1 is 1.00 bits per heavy atom. The lowest BCUT2D eigenvalue weighted by molar-refractivity contribution is 0.158. The predicted octanol–water partition coefficient (Wildman–Crippen LogP) is 2.10. The zero-order valence-electron chi connectivity index (χ0n) is 18.5. The van der Waals surface area contributed by atoms with Crippen LogP contribution in [0, 0.1) is 0 Å². The summed E-state index contributed by atoms with van der Waals surface area (Å²) in [5.41, 5.74) is 2.13. The third kappa shape index (κ3) is 3.25. The third-order valence-corrected chi connectivity index (χ3v) is 5.98. The van der Waals surface area contributed by atoms with Crippen LogP contribution in [0.5, 0.6) is 5.75 Å². The number of nitrogens with zero attached hydrogens (tertiary/aromatic N) is 5. The van der Waals surface area contributed by atoms with Gasteiger partial charge in [-0.1, -0.05) is 30.3 Å². The topological polar surface area (TPSA) is 95.7 Å².